The normalized spacial score (nSPS) is 19.9. The predicted octanol–water partition coefficient (Wildman–Crippen LogP) is 2.50. The molecule has 2 atom stereocenters. The quantitative estimate of drug-likeness (QED) is 0.625. The Hall–Kier alpha value is -3.95. The average molecular weight is 436 g/mol. The Morgan fingerprint density at radius 1 is 1.00 bits per heavy atom. The number of benzene rings is 2. The van der Waals surface area contributed by atoms with Gasteiger partial charge in [0.15, 0.2) is 11.9 Å². The number of imide groups is 1. The molecule has 0 aliphatic carbocycles. The fourth-order valence-electron chi connectivity index (χ4n) is 4.33. The molecule has 9 nitrogen and oxygen atoms in total. The minimum absolute atomic E-state index is 0.309. The number of likely N-dealkylation sites (N-methyl/N-ethyl adjacent to an activating group) is 2. The monoisotopic (exact) mass is 436 g/mol. The Morgan fingerprint density at radius 2 is 1.69 bits per heavy atom. The van der Waals surface area contributed by atoms with Crippen LogP contribution in [0.15, 0.2) is 48.5 Å². The molecule has 0 saturated carbocycles. The molecule has 1 saturated heterocycles. The van der Waals surface area contributed by atoms with E-state index in [1.54, 1.807) is 26.3 Å². The first-order valence-electron chi connectivity index (χ1n) is 10.1. The van der Waals surface area contributed by atoms with Crippen molar-refractivity contribution in [2.75, 3.05) is 26.1 Å². The van der Waals surface area contributed by atoms with E-state index in [0.717, 1.165) is 16.0 Å². The molecule has 0 bridgehead atoms. The van der Waals surface area contributed by atoms with Gasteiger partial charge in [0.25, 0.3) is 5.91 Å². The van der Waals surface area contributed by atoms with Crippen LogP contribution in [0.4, 0.5) is 15.1 Å². The minimum Gasteiger partial charge on any atom is -0.497 e. The van der Waals surface area contributed by atoms with Crippen molar-refractivity contribution in [3.63, 3.8) is 0 Å². The highest BCUT2D eigenvalue weighted by molar-refractivity contribution is 6.02. The van der Waals surface area contributed by atoms with Crippen LogP contribution in [-0.2, 0) is 11.3 Å². The summed E-state index contributed by atoms with van der Waals surface area (Å²) < 4.78 is 20.5. The van der Waals surface area contributed by atoms with Crippen LogP contribution in [0.1, 0.15) is 11.7 Å². The molecule has 5 rings (SSSR count). The van der Waals surface area contributed by atoms with Crippen LogP contribution in [0.3, 0.4) is 0 Å². The molecule has 3 amide bonds. The fraction of sp³-hybridized carbons (Fsp3) is 0.273. The van der Waals surface area contributed by atoms with E-state index < -0.39 is 18.2 Å². The van der Waals surface area contributed by atoms with Crippen molar-refractivity contribution in [1.82, 2.24) is 24.6 Å². The summed E-state index contributed by atoms with van der Waals surface area (Å²) in [4.78, 5) is 30.4. The van der Waals surface area contributed by atoms with Gasteiger partial charge in [-0.3, -0.25) is 14.3 Å². The Bertz CT molecular complexity index is 1190. The van der Waals surface area contributed by atoms with E-state index in [4.69, 9.17) is 4.74 Å². The third-order valence-electron chi connectivity index (χ3n) is 6.00. The highest BCUT2D eigenvalue weighted by Crippen LogP contribution is 2.42. The van der Waals surface area contributed by atoms with Gasteiger partial charge in [-0.25, -0.2) is 9.18 Å². The van der Waals surface area contributed by atoms with Gasteiger partial charge in [-0.05, 0) is 42.0 Å². The van der Waals surface area contributed by atoms with E-state index in [2.05, 4.69) is 10.2 Å². The second-order valence-corrected chi connectivity index (χ2v) is 7.83. The van der Waals surface area contributed by atoms with E-state index in [1.807, 2.05) is 33.7 Å². The first-order chi connectivity index (χ1) is 15.4. The topological polar surface area (TPSA) is 83.8 Å². The van der Waals surface area contributed by atoms with Crippen LogP contribution in [0, 0.1) is 5.82 Å². The number of hydrogen-bond acceptors (Lipinski definition) is 6. The SMILES string of the molecule is COc1ccc(-c2nnc3n2C2C(C(=O)N(C)C(=O)N2C)N3Cc2ccc(F)cc2)cc1. The molecule has 32 heavy (non-hydrogen) atoms. The molecule has 2 aliphatic rings. The number of carbonyl (C=O) groups excluding carboxylic acids is 2. The zero-order chi connectivity index (χ0) is 22.6. The molecule has 164 valence electrons. The van der Waals surface area contributed by atoms with Gasteiger partial charge >= 0.3 is 6.03 Å². The van der Waals surface area contributed by atoms with Crippen LogP contribution >= 0.6 is 0 Å². The molecule has 1 fully saturated rings. The van der Waals surface area contributed by atoms with Crippen LogP contribution in [0.5, 0.6) is 5.75 Å². The van der Waals surface area contributed by atoms with Crippen LogP contribution in [-0.4, -0.2) is 63.7 Å². The molecule has 3 aromatic rings. The number of hydrogen-bond donors (Lipinski definition) is 0. The first-order valence-corrected chi connectivity index (χ1v) is 10.1. The number of fused-ring (bicyclic) bond motifs is 3. The predicted molar refractivity (Wildman–Crippen MR) is 113 cm³/mol. The second kappa shape index (κ2) is 7.33. The highest BCUT2D eigenvalue weighted by atomic mass is 19.1. The number of carbonyl (C=O) groups is 2. The summed E-state index contributed by atoms with van der Waals surface area (Å²) in [5, 5.41) is 8.75. The molecule has 3 heterocycles. The maximum Gasteiger partial charge on any atom is 0.327 e. The van der Waals surface area contributed by atoms with E-state index in [0.29, 0.717) is 24.1 Å². The van der Waals surface area contributed by atoms with Crippen molar-refractivity contribution in [2.24, 2.45) is 0 Å². The van der Waals surface area contributed by atoms with Gasteiger partial charge in [-0.15, -0.1) is 10.2 Å². The molecule has 10 heteroatoms. The molecule has 1 aromatic heterocycles. The molecular weight excluding hydrogens is 415 g/mol. The maximum absolute atomic E-state index is 13.4. The number of ether oxygens (including phenoxy) is 1. The van der Waals surface area contributed by atoms with Gasteiger partial charge in [0, 0.05) is 26.2 Å². The van der Waals surface area contributed by atoms with Gasteiger partial charge < -0.3 is 14.5 Å². The summed E-state index contributed by atoms with van der Waals surface area (Å²) in [6.45, 7) is 0.309. The summed E-state index contributed by atoms with van der Waals surface area (Å²) >= 11 is 0. The molecule has 2 unspecified atom stereocenters. The van der Waals surface area contributed by atoms with Gasteiger partial charge in [0.05, 0.1) is 7.11 Å². The lowest BCUT2D eigenvalue weighted by molar-refractivity contribution is -0.133. The standard InChI is InChI=1S/C22H21FN6O3/c1-26-19-17(20(30)27(2)22(26)31)28(12-13-4-8-15(23)9-5-13)21-25-24-18(29(19)21)14-6-10-16(32-3)11-7-14/h4-11,17,19H,12H2,1-3H3. The van der Waals surface area contributed by atoms with Crippen molar-refractivity contribution in [2.45, 2.75) is 18.8 Å². The first kappa shape index (κ1) is 20.0. The molecule has 2 aliphatic heterocycles. The smallest absolute Gasteiger partial charge is 0.327 e. The third kappa shape index (κ3) is 2.90. The molecule has 0 N–H and O–H groups in total. The van der Waals surface area contributed by atoms with Crippen LogP contribution in [0.25, 0.3) is 11.4 Å². The van der Waals surface area contributed by atoms with Gasteiger partial charge in [0.1, 0.15) is 17.7 Å². The van der Waals surface area contributed by atoms with Crippen molar-refractivity contribution in [3.8, 4) is 17.1 Å². The van der Waals surface area contributed by atoms with Crippen molar-refractivity contribution in [1.29, 1.82) is 0 Å². The molecule has 0 spiro atoms. The molecular formula is C22H21FN6O3. The lowest BCUT2D eigenvalue weighted by atomic mass is 10.1. The van der Waals surface area contributed by atoms with Gasteiger partial charge in [-0.2, -0.15) is 0 Å². The Balaban J connectivity index is 1.63. The van der Waals surface area contributed by atoms with Crippen molar-refractivity contribution in [3.05, 3.63) is 59.9 Å². The number of aromatic nitrogens is 3. The zero-order valence-corrected chi connectivity index (χ0v) is 17.8. The van der Waals surface area contributed by atoms with Gasteiger partial charge in [-0.1, -0.05) is 12.1 Å². The van der Waals surface area contributed by atoms with Crippen molar-refractivity contribution >= 4 is 17.9 Å². The minimum atomic E-state index is -0.685. The van der Waals surface area contributed by atoms with Crippen molar-refractivity contribution < 1.29 is 18.7 Å². The molecule has 2 aromatic carbocycles. The third-order valence-corrected chi connectivity index (χ3v) is 6.00. The van der Waals surface area contributed by atoms with E-state index in [9.17, 15) is 14.0 Å². The largest absolute Gasteiger partial charge is 0.497 e. The number of anilines is 1. The fourth-order valence-corrected chi connectivity index (χ4v) is 4.33. The number of rotatable bonds is 4. The van der Waals surface area contributed by atoms with E-state index >= 15 is 0 Å². The summed E-state index contributed by atoms with van der Waals surface area (Å²) in [7, 11) is 4.72. The Morgan fingerprint density at radius 3 is 2.34 bits per heavy atom. The summed E-state index contributed by atoms with van der Waals surface area (Å²) in [5.41, 5.74) is 1.58. The second-order valence-electron chi connectivity index (χ2n) is 7.83. The number of methoxy groups -OCH3 is 1. The summed E-state index contributed by atoms with van der Waals surface area (Å²) in [6, 6.07) is 12.3. The van der Waals surface area contributed by atoms with Crippen LogP contribution < -0.4 is 9.64 Å². The lowest BCUT2D eigenvalue weighted by Crippen LogP contribution is -2.61. The lowest BCUT2D eigenvalue weighted by Gasteiger charge is -2.40. The van der Waals surface area contributed by atoms with E-state index in [-0.39, 0.29) is 11.7 Å². The Labute approximate surface area is 183 Å². The number of nitrogens with zero attached hydrogens (tertiary/aromatic N) is 6. The molecule has 0 radical (unpaired) electrons. The summed E-state index contributed by atoms with van der Waals surface area (Å²) in [5.74, 6) is 1.05. The Kier molecular flexibility index (Phi) is 4.58. The van der Waals surface area contributed by atoms with Crippen LogP contribution in [0.2, 0.25) is 0 Å². The zero-order valence-electron chi connectivity index (χ0n) is 17.8. The van der Waals surface area contributed by atoms with E-state index in [1.165, 1.54) is 24.1 Å². The summed E-state index contributed by atoms with van der Waals surface area (Å²) in [6.07, 6.45) is -0.617. The average Bonchev–Trinajstić information content (AvgIpc) is 3.37. The van der Waals surface area contributed by atoms with Gasteiger partial charge in [0.2, 0.25) is 5.95 Å². The number of halogens is 1. The maximum atomic E-state index is 13.4. The number of amides is 3. The number of urea groups is 1. The highest BCUT2D eigenvalue weighted by Gasteiger charge is 2.54.